The first-order valence-electron chi connectivity index (χ1n) is 9.06. The molecule has 0 aliphatic rings. The number of halogens is 3. The first-order chi connectivity index (χ1) is 15.0. The zero-order chi connectivity index (χ0) is 23.3. The van der Waals surface area contributed by atoms with Crippen LogP contribution in [-0.2, 0) is 28.8 Å². The summed E-state index contributed by atoms with van der Waals surface area (Å²) in [4.78, 5) is 25.0. The fourth-order valence-electron chi connectivity index (χ4n) is 3.25. The molecule has 2 heterocycles. The Morgan fingerprint density at radius 3 is 2.38 bits per heavy atom. The molecule has 0 saturated heterocycles. The normalized spacial score (nSPS) is 12.4. The van der Waals surface area contributed by atoms with E-state index in [0.717, 1.165) is 18.6 Å². The number of hydrogen-bond donors (Lipinski definition) is 0. The lowest BCUT2D eigenvalue weighted by Crippen LogP contribution is -2.40. The lowest BCUT2D eigenvalue weighted by molar-refractivity contribution is -0.144. The van der Waals surface area contributed by atoms with Gasteiger partial charge in [-0.3, -0.25) is 9.36 Å². The van der Waals surface area contributed by atoms with Crippen molar-refractivity contribution in [1.82, 2.24) is 13.5 Å². The summed E-state index contributed by atoms with van der Waals surface area (Å²) >= 11 is 1.04. The molecule has 0 amide bonds. The largest absolute Gasteiger partial charge is 0.431 e. The van der Waals surface area contributed by atoms with Crippen molar-refractivity contribution in [3.05, 3.63) is 86.8 Å². The molecule has 0 fully saturated rings. The van der Waals surface area contributed by atoms with Crippen LogP contribution in [0.5, 0.6) is 0 Å². The highest BCUT2D eigenvalue weighted by atomic mass is 32.2. The van der Waals surface area contributed by atoms with Crippen molar-refractivity contribution in [3.63, 3.8) is 0 Å². The number of alkyl halides is 3. The van der Waals surface area contributed by atoms with Crippen LogP contribution >= 0.6 is 11.5 Å². The van der Waals surface area contributed by atoms with E-state index in [9.17, 15) is 31.2 Å². The first kappa shape index (κ1) is 22.0. The third kappa shape index (κ3) is 3.86. The van der Waals surface area contributed by atoms with Crippen LogP contribution in [0.2, 0.25) is 0 Å². The number of aromatic nitrogens is 3. The van der Waals surface area contributed by atoms with E-state index >= 15 is 0 Å². The van der Waals surface area contributed by atoms with Gasteiger partial charge in [-0.1, -0.05) is 18.2 Å². The molecule has 0 bridgehead atoms. The molecular weight excluding hydrogens is 467 g/mol. The summed E-state index contributed by atoms with van der Waals surface area (Å²) in [5.74, 6) is -0.416. The van der Waals surface area contributed by atoms with Gasteiger partial charge in [-0.2, -0.15) is 17.5 Å². The summed E-state index contributed by atoms with van der Waals surface area (Å²) in [7, 11) is -2.79. The average Bonchev–Trinajstić information content (AvgIpc) is 3.12. The van der Waals surface area contributed by atoms with Gasteiger partial charge < -0.3 is 0 Å². The number of benzene rings is 2. The molecule has 0 aliphatic carbocycles. The Kier molecular flexibility index (Phi) is 5.29. The lowest BCUT2D eigenvalue weighted by Gasteiger charge is -2.14. The van der Waals surface area contributed by atoms with Gasteiger partial charge >= 0.3 is 11.9 Å². The second-order valence-electron chi connectivity index (χ2n) is 6.92. The summed E-state index contributed by atoms with van der Waals surface area (Å²) in [5.41, 5.74) is -3.47. The van der Waals surface area contributed by atoms with Gasteiger partial charge in [0.25, 0.3) is 5.56 Å². The van der Waals surface area contributed by atoms with Gasteiger partial charge in [0.2, 0.25) is 0 Å². The third-order valence-electron chi connectivity index (χ3n) is 4.83. The molecule has 0 radical (unpaired) electrons. The van der Waals surface area contributed by atoms with E-state index in [4.69, 9.17) is 0 Å². The predicted molar refractivity (Wildman–Crippen MR) is 113 cm³/mol. The molecule has 0 spiro atoms. The van der Waals surface area contributed by atoms with Gasteiger partial charge in [-0.05, 0) is 41.9 Å². The summed E-state index contributed by atoms with van der Waals surface area (Å²) in [6, 6.07) is 12.4. The molecular formula is C20H14F3N3O4S2. The maximum Gasteiger partial charge on any atom is 0.431 e. The Bertz CT molecular complexity index is 1550. The zero-order valence-electron chi connectivity index (χ0n) is 16.3. The fourth-order valence-corrected chi connectivity index (χ4v) is 5.42. The highest BCUT2D eigenvalue weighted by Crippen LogP contribution is 2.29. The van der Waals surface area contributed by atoms with Gasteiger partial charge in [0.05, 0.1) is 26.7 Å². The maximum absolute atomic E-state index is 13.1. The monoisotopic (exact) mass is 481 g/mol. The minimum absolute atomic E-state index is 0.00961. The average molecular weight is 481 g/mol. The van der Waals surface area contributed by atoms with Crippen LogP contribution in [0.25, 0.3) is 15.8 Å². The van der Waals surface area contributed by atoms with Crippen LogP contribution in [-0.4, -0.2) is 21.9 Å². The zero-order valence-corrected chi connectivity index (χ0v) is 18.0. The fraction of sp³-hybridized carbons (Fsp3) is 0.150. The summed E-state index contributed by atoms with van der Waals surface area (Å²) in [5, 5.41) is 0.390. The van der Waals surface area contributed by atoms with E-state index in [2.05, 4.69) is 4.37 Å². The van der Waals surface area contributed by atoms with Crippen molar-refractivity contribution in [2.75, 3.05) is 0 Å². The van der Waals surface area contributed by atoms with Crippen LogP contribution in [0.3, 0.4) is 0 Å². The Labute approximate surface area is 183 Å². The van der Waals surface area contributed by atoms with Gasteiger partial charge in [-0.15, -0.1) is 0 Å². The van der Waals surface area contributed by atoms with E-state index < -0.39 is 38.7 Å². The number of sulfone groups is 1. The van der Waals surface area contributed by atoms with Crippen LogP contribution in [0.15, 0.2) is 69.1 Å². The van der Waals surface area contributed by atoms with E-state index in [-0.39, 0.29) is 16.3 Å². The number of rotatable bonds is 4. The second kappa shape index (κ2) is 7.71. The molecule has 4 aromatic rings. The van der Waals surface area contributed by atoms with Gasteiger partial charge in [0.15, 0.2) is 9.84 Å². The quantitative estimate of drug-likeness (QED) is 0.447. The Morgan fingerprint density at radius 2 is 1.72 bits per heavy atom. The maximum atomic E-state index is 13.1. The van der Waals surface area contributed by atoms with Gasteiger partial charge in [0.1, 0.15) is 5.69 Å². The second-order valence-corrected chi connectivity index (χ2v) is 9.72. The topological polar surface area (TPSA) is 91.0 Å². The van der Waals surface area contributed by atoms with Gasteiger partial charge in [-0.25, -0.2) is 17.8 Å². The van der Waals surface area contributed by atoms with Gasteiger partial charge in [0, 0.05) is 18.5 Å². The standard InChI is InChI=1S/C20H14F3N3O4S2/c1-25-17(20(21,22)23)10-18(27)26(19(25)28)12-7-8-16-14(9-12)15(24-31-16)11-32(29,30)13-5-3-2-4-6-13/h2-10H,11H2,1H3. The van der Waals surface area contributed by atoms with E-state index in [1.165, 1.54) is 30.3 Å². The molecule has 4 rings (SSSR count). The van der Waals surface area contributed by atoms with E-state index in [1.54, 1.807) is 18.2 Å². The molecule has 12 heteroatoms. The summed E-state index contributed by atoms with van der Waals surface area (Å²) in [6.07, 6.45) is -4.87. The predicted octanol–water partition coefficient (Wildman–Crippen LogP) is 3.14. The van der Waals surface area contributed by atoms with Crippen molar-refractivity contribution < 1.29 is 21.6 Å². The Balaban J connectivity index is 1.84. The van der Waals surface area contributed by atoms with Crippen LogP contribution < -0.4 is 11.2 Å². The molecule has 0 aliphatic heterocycles. The van der Waals surface area contributed by atoms with Crippen LogP contribution in [0, 0.1) is 0 Å². The van der Waals surface area contributed by atoms with Crippen LogP contribution in [0.1, 0.15) is 11.4 Å². The molecule has 0 atom stereocenters. The highest BCUT2D eigenvalue weighted by molar-refractivity contribution is 7.90. The lowest BCUT2D eigenvalue weighted by atomic mass is 10.2. The third-order valence-corrected chi connectivity index (χ3v) is 7.33. The number of fused-ring (bicyclic) bond motifs is 1. The van der Waals surface area contributed by atoms with E-state index in [0.29, 0.717) is 25.3 Å². The summed E-state index contributed by atoms with van der Waals surface area (Å²) in [6.45, 7) is 0. The molecule has 0 saturated carbocycles. The highest BCUT2D eigenvalue weighted by Gasteiger charge is 2.35. The molecule has 32 heavy (non-hydrogen) atoms. The summed E-state index contributed by atoms with van der Waals surface area (Å²) < 4.78 is 70.5. The van der Waals surface area contributed by atoms with Crippen molar-refractivity contribution in [1.29, 1.82) is 0 Å². The first-order valence-corrected chi connectivity index (χ1v) is 11.5. The van der Waals surface area contributed by atoms with Crippen molar-refractivity contribution in [2.45, 2.75) is 16.8 Å². The van der Waals surface area contributed by atoms with Crippen molar-refractivity contribution in [3.8, 4) is 5.69 Å². The SMILES string of the molecule is Cn1c(C(F)(F)F)cc(=O)n(-c2ccc3snc(CS(=O)(=O)c4ccccc4)c3c2)c1=O. The minimum Gasteiger partial charge on any atom is -0.292 e. The number of nitrogens with zero attached hydrogens (tertiary/aromatic N) is 3. The van der Waals surface area contributed by atoms with Crippen molar-refractivity contribution in [2.24, 2.45) is 7.05 Å². The molecule has 0 N–H and O–H groups in total. The molecule has 2 aromatic carbocycles. The van der Waals surface area contributed by atoms with Crippen molar-refractivity contribution >= 4 is 31.5 Å². The van der Waals surface area contributed by atoms with E-state index in [1.807, 2.05) is 0 Å². The molecule has 2 aromatic heterocycles. The Morgan fingerprint density at radius 1 is 1.03 bits per heavy atom. The number of hydrogen-bond acceptors (Lipinski definition) is 6. The molecule has 7 nitrogen and oxygen atoms in total. The Hall–Kier alpha value is -3.25. The minimum atomic E-state index is -4.87. The molecule has 0 unspecified atom stereocenters. The molecule has 166 valence electrons. The van der Waals surface area contributed by atoms with Crippen LogP contribution in [0.4, 0.5) is 13.2 Å². The smallest absolute Gasteiger partial charge is 0.292 e.